The smallest absolute Gasteiger partial charge is 0.297 e. The quantitative estimate of drug-likeness (QED) is 0.228. The molecule has 0 aliphatic rings. The molecule has 166 valence electrons. The molecular formula is C23H22FN3O4S. The number of fused-ring (bicyclic) bond motifs is 3. The lowest BCUT2D eigenvalue weighted by atomic mass is 10.2. The van der Waals surface area contributed by atoms with Crippen LogP contribution in [-0.2, 0) is 16.1 Å². The van der Waals surface area contributed by atoms with Crippen LogP contribution in [0.25, 0.3) is 22.1 Å². The number of aromatic nitrogens is 2. The fourth-order valence-corrected chi connectivity index (χ4v) is 4.11. The molecule has 32 heavy (non-hydrogen) atoms. The number of anilines is 1. The number of carbonyl (C=O) groups is 1. The summed E-state index contributed by atoms with van der Waals surface area (Å²) in [7, 11) is 0. The number of halogens is 1. The van der Waals surface area contributed by atoms with E-state index in [1.165, 1.54) is 40.6 Å². The van der Waals surface area contributed by atoms with E-state index in [9.17, 15) is 14.0 Å². The molecule has 9 heteroatoms. The number of ether oxygens (including phenoxy) is 1. The van der Waals surface area contributed by atoms with Gasteiger partial charge >= 0.3 is 0 Å². The van der Waals surface area contributed by atoms with Crippen molar-refractivity contribution < 1.29 is 18.3 Å². The highest BCUT2D eigenvalue weighted by Gasteiger charge is 2.18. The topological polar surface area (TPSA) is 86.4 Å². The van der Waals surface area contributed by atoms with Crippen LogP contribution in [0, 0.1) is 5.82 Å². The van der Waals surface area contributed by atoms with Crippen LogP contribution < -0.4 is 10.9 Å². The Labute approximate surface area is 187 Å². The minimum Gasteiger partial charge on any atom is -0.448 e. The number of amides is 1. The monoisotopic (exact) mass is 455 g/mol. The maximum atomic E-state index is 13.2. The van der Waals surface area contributed by atoms with Crippen LogP contribution >= 0.6 is 11.8 Å². The summed E-state index contributed by atoms with van der Waals surface area (Å²) < 4.78 is 25.8. The van der Waals surface area contributed by atoms with Crippen LogP contribution in [0.15, 0.2) is 62.9 Å². The highest BCUT2D eigenvalue weighted by atomic mass is 32.2. The molecule has 0 atom stereocenters. The van der Waals surface area contributed by atoms with Crippen molar-refractivity contribution >= 4 is 45.4 Å². The Kier molecular flexibility index (Phi) is 6.87. The third-order valence-corrected chi connectivity index (χ3v) is 5.76. The predicted octanol–water partition coefficient (Wildman–Crippen LogP) is 4.44. The molecule has 2 heterocycles. The van der Waals surface area contributed by atoms with Crippen molar-refractivity contribution in [2.24, 2.45) is 0 Å². The maximum Gasteiger partial charge on any atom is 0.297 e. The maximum absolute atomic E-state index is 13.2. The summed E-state index contributed by atoms with van der Waals surface area (Å²) in [5.41, 5.74) is 1.47. The largest absolute Gasteiger partial charge is 0.448 e. The molecule has 4 rings (SSSR count). The van der Waals surface area contributed by atoms with E-state index in [1.54, 1.807) is 6.07 Å². The summed E-state index contributed by atoms with van der Waals surface area (Å²) >= 11 is 1.17. The summed E-state index contributed by atoms with van der Waals surface area (Å²) in [5.74, 6) is -0.622. The number of hydrogen-bond donors (Lipinski definition) is 1. The number of nitrogens with one attached hydrogen (secondary N) is 1. The van der Waals surface area contributed by atoms with Gasteiger partial charge < -0.3 is 14.5 Å². The summed E-state index contributed by atoms with van der Waals surface area (Å²) in [5, 5.41) is 3.89. The number of rotatable bonds is 9. The molecule has 0 saturated heterocycles. The number of nitrogens with zero attached hydrogens (tertiary/aromatic N) is 2. The Morgan fingerprint density at radius 2 is 2.00 bits per heavy atom. The van der Waals surface area contributed by atoms with Gasteiger partial charge in [0.25, 0.3) is 5.56 Å². The first-order valence-electron chi connectivity index (χ1n) is 10.2. The molecule has 2 aromatic carbocycles. The molecule has 0 fully saturated rings. The van der Waals surface area contributed by atoms with Crippen LogP contribution in [0.1, 0.15) is 13.3 Å². The Morgan fingerprint density at radius 1 is 1.22 bits per heavy atom. The van der Waals surface area contributed by atoms with E-state index < -0.39 is 0 Å². The summed E-state index contributed by atoms with van der Waals surface area (Å²) in [6.07, 6.45) is 0.622. The second-order valence-corrected chi connectivity index (χ2v) is 7.96. The number of para-hydroxylation sites is 1. The van der Waals surface area contributed by atoms with Crippen LogP contribution in [0.4, 0.5) is 10.1 Å². The van der Waals surface area contributed by atoms with Gasteiger partial charge in [-0.05, 0) is 49.7 Å². The van der Waals surface area contributed by atoms with E-state index in [4.69, 9.17) is 9.15 Å². The Hall–Kier alpha value is -3.17. The van der Waals surface area contributed by atoms with Gasteiger partial charge in [0.15, 0.2) is 5.16 Å². The second-order valence-electron chi connectivity index (χ2n) is 7.02. The molecule has 2 aromatic heterocycles. The standard InChI is InChI=1S/C23H22FN3O4S/c1-2-30-13-5-12-27-22(29)21-20(17-6-3-4-7-18(17)31-21)26-23(27)32-14-19(28)25-16-10-8-15(24)9-11-16/h3-4,6-11H,2,5,12-14H2,1H3,(H,25,28). The van der Waals surface area contributed by atoms with Crippen molar-refractivity contribution in [3.05, 3.63) is 64.7 Å². The van der Waals surface area contributed by atoms with Crippen molar-refractivity contribution in [3.8, 4) is 0 Å². The number of carbonyl (C=O) groups excluding carboxylic acids is 1. The third kappa shape index (κ3) is 4.84. The Morgan fingerprint density at radius 3 is 2.78 bits per heavy atom. The number of thioether (sulfide) groups is 1. The average Bonchev–Trinajstić information content (AvgIpc) is 3.17. The van der Waals surface area contributed by atoms with Crippen molar-refractivity contribution in [2.45, 2.75) is 25.0 Å². The van der Waals surface area contributed by atoms with Gasteiger partial charge in [0.2, 0.25) is 11.5 Å². The Balaban J connectivity index is 1.61. The zero-order valence-electron chi connectivity index (χ0n) is 17.5. The zero-order valence-corrected chi connectivity index (χ0v) is 18.3. The molecule has 4 aromatic rings. The van der Waals surface area contributed by atoms with Gasteiger partial charge in [-0.1, -0.05) is 23.9 Å². The third-order valence-electron chi connectivity index (χ3n) is 4.78. The molecule has 0 aliphatic carbocycles. The number of hydrogen-bond acceptors (Lipinski definition) is 6. The highest BCUT2D eigenvalue weighted by molar-refractivity contribution is 7.99. The van der Waals surface area contributed by atoms with Crippen LogP contribution in [0.3, 0.4) is 0 Å². The summed E-state index contributed by atoms with van der Waals surface area (Å²) in [6.45, 7) is 3.41. The predicted molar refractivity (Wildman–Crippen MR) is 123 cm³/mol. The van der Waals surface area contributed by atoms with Gasteiger partial charge in [0, 0.05) is 30.8 Å². The summed E-state index contributed by atoms with van der Waals surface area (Å²) in [4.78, 5) is 30.3. The lowest BCUT2D eigenvalue weighted by Gasteiger charge is -2.12. The minimum atomic E-state index is -0.377. The van der Waals surface area contributed by atoms with E-state index in [1.807, 2.05) is 25.1 Å². The van der Waals surface area contributed by atoms with E-state index in [-0.39, 0.29) is 28.6 Å². The molecular weight excluding hydrogens is 433 g/mol. The summed E-state index contributed by atoms with van der Waals surface area (Å²) in [6, 6.07) is 12.9. The number of furan rings is 1. The molecule has 0 saturated carbocycles. The van der Waals surface area contributed by atoms with Crippen molar-refractivity contribution in [1.29, 1.82) is 0 Å². The van der Waals surface area contributed by atoms with Crippen molar-refractivity contribution in [3.63, 3.8) is 0 Å². The minimum absolute atomic E-state index is 0.0383. The molecule has 0 bridgehead atoms. The van der Waals surface area contributed by atoms with Gasteiger partial charge in [-0.25, -0.2) is 9.37 Å². The van der Waals surface area contributed by atoms with Gasteiger partial charge in [-0.15, -0.1) is 0 Å². The first kappa shape index (κ1) is 22.0. The molecule has 7 nitrogen and oxygen atoms in total. The van der Waals surface area contributed by atoms with Crippen molar-refractivity contribution in [1.82, 2.24) is 9.55 Å². The first-order valence-corrected chi connectivity index (χ1v) is 11.2. The second kappa shape index (κ2) is 9.97. The molecule has 0 unspecified atom stereocenters. The number of benzene rings is 2. The average molecular weight is 456 g/mol. The molecule has 0 spiro atoms. The van der Waals surface area contributed by atoms with Crippen LogP contribution in [0.2, 0.25) is 0 Å². The molecule has 1 N–H and O–H groups in total. The van der Waals surface area contributed by atoms with Gasteiger partial charge in [0.1, 0.15) is 16.9 Å². The first-order chi connectivity index (χ1) is 15.6. The lowest BCUT2D eigenvalue weighted by molar-refractivity contribution is -0.113. The van der Waals surface area contributed by atoms with E-state index in [2.05, 4.69) is 10.3 Å². The van der Waals surface area contributed by atoms with Crippen LogP contribution in [0.5, 0.6) is 0 Å². The van der Waals surface area contributed by atoms with E-state index >= 15 is 0 Å². The highest BCUT2D eigenvalue weighted by Crippen LogP contribution is 2.27. The van der Waals surface area contributed by atoms with Gasteiger partial charge in [0.05, 0.1) is 5.75 Å². The molecule has 1 amide bonds. The fraction of sp³-hybridized carbons (Fsp3) is 0.261. The fourth-order valence-electron chi connectivity index (χ4n) is 3.29. The SMILES string of the molecule is CCOCCCn1c(SCC(=O)Nc2ccc(F)cc2)nc2c(oc3ccccc32)c1=O. The Bertz CT molecular complexity index is 1300. The van der Waals surface area contributed by atoms with Crippen LogP contribution in [-0.4, -0.2) is 34.4 Å². The van der Waals surface area contributed by atoms with E-state index in [0.29, 0.717) is 48.1 Å². The lowest BCUT2D eigenvalue weighted by Crippen LogP contribution is -2.24. The van der Waals surface area contributed by atoms with E-state index in [0.717, 1.165) is 5.39 Å². The van der Waals surface area contributed by atoms with Crippen molar-refractivity contribution in [2.75, 3.05) is 24.3 Å². The van der Waals surface area contributed by atoms with Gasteiger partial charge in [-0.3, -0.25) is 14.2 Å². The molecule has 0 aliphatic heterocycles. The molecule has 0 radical (unpaired) electrons. The normalized spacial score (nSPS) is 11.3. The zero-order chi connectivity index (χ0) is 22.5. The van der Waals surface area contributed by atoms with Gasteiger partial charge in [-0.2, -0.15) is 0 Å².